The lowest BCUT2D eigenvalue weighted by atomic mass is 9.78. The zero-order valence-corrected chi connectivity index (χ0v) is 34.8. The van der Waals surface area contributed by atoms with Crippen molar-refractivity contribution in [2.75, 3.05) is 14.2 Å². The minimum absolute atomic E-state index is 0.0595. The van der Waals surface area contributed by atoms with E-state index in [-0.39, 0.29) is 22.7 Å². The number of phenolic OH excluding ortho intramolecular Hbond substituents is 2. The molecular formula is C46H46BBrF2O8. The molecule has 1 saturated heterocycles. The van der Waals surface area contributed by atoms with Gasteiger partial charge in [0.2, 0.25) is 0 Å². The van der Waals surface area contributed by atoms with Crippen molar-refractivity contribution in [3.8, 4) is 45.6 Å². The Bertz CT molecular complexity index is 2240. The highest BCUT2D eigenvalue weighted by atomic mass is 79.9. The number of hydrogen-bond acceptors (Lipinski definition) is 8. The van der Waals surface area contributed by atoms with Gasteiger partial charge in [-0.3, -0.25) is 0 Å². The van der Waals surface area contributed by atoms with Gasteiger partial charge in [0.05, 0.1) is 29.9 Å². The first kappa shape index (κ1) is 43.6. The van der Waals surface area contributed by atoms with E-state index >= 15 is 0 Å². The Morgan fingerprint density at radius 3 is 1.52 bits per heavy atom. The fourth-order valence-corrected chi connectivity index (χ4v) is 5.87. The molecule has 7 rings (SSSR count). The van der Waals surface area contributed by atoms with Crippen LogP contribution in [0.4, 0.5) is 8.78 Å². The summed E-state index contributed by atoms with van der Waals surface area (Å²) in [6, 6.07) is 38.8. The predicted octanol–water partition coefficient (Wildman–Crippen LogP) is 10.7. The van der Waals surface area contributed by atoms with Gasteiger partial charge in [0.1, 0.15) is 59.3 Å². The molecule has 0 unspecified atom stereocenters. The molecule has 1 aliphatic rings. The van der Waals surface area contributed by atoms with Crippen LogP contribution in [0.25, 0.3) is 11.1 Å². The SMILES string of the molecule is COc1cc(OCc2ccccc2)ccc1-c1ccc(O)cc1F.COc1cc(OCc2ccccc2)ccc1B1OC(C)(C)C(C)(C)O1.Oc1ccc(Br)c(F)c1. The van der Waals surface area contributed by atoms with Crippen LogP contribution >= 0.6 is 15.9 Å². The van der Waals surface area contributed by atoms with E-state index in [0.717, 1.165) is 34.5 Å². The van der Waals surface area contributed by atoms with Crippen molar-refractivity contribution < 1.29 is 47.3 Å². The number of rotatable bonds is 10. The summed E-state index contributed by atoms with van der Waals surface area (Å²) in [7, 11) is 2.71. The van der Waals surface area contributed by atoms with Gasteiger partial charge in [0.25, 0.3) is 0 Å². The van der Waals surface area contributed by atoms with Crippen molar-refractivity contribution in [1.29, 1.82) is 0 Å². The van der Waals surface area contributed by atoms with Crippen molar-refractivity contribution in [3.05, 3.63) is 161 Å². The van der Waals surface area contributed by atoms with Crippen LogP contribution in [0.3, 0.4) is 0 Å². The van der Waals surface area contributed by atoms with Gasteiger partial charge in [-0.25, -0.2) is 8.78 Å². The summed E-state index contributed by atoms with van der Waals surface area (Å²) in [6.07, 6.45) is 0. The van der Waals surface area contributed by atoms with Gasteiger partial charge >= 0.3 is 7.12 Å². The highest BCUT2D eigenvalue weighted by molar-refractivity contribution is 9.10. The Labute approximate surface area is 347 Å². The topological polar surface area (TPSA) is 95.8 Å². The summed E-state index contributed by atoms with van der Waals surface area (Å²) >= 11 is 2.94. The van der Waals surface area contributed by atoms with Gasteiger partial charge in [-0.15, -0.1) is 0 Å². The maximum absolute atomic E-state index is 14.1. The first-order valence-corrected chi connectivity index (χ1v) is 19.2. The fraction of sp³-hybridized carbons (Fsp3) is 0.217. The molecule has 302 valence electrons. The van der Waals surface area contributed by atoms with Crippen LogP contribution in [0, 0.1) is 11.6 Å². The number of phenols is 2. The van der Waals surface area contributed by atoms with Crippen molar-refractivity contribution >= 4 is 28.5 Å². The van der Waals surface area contributed by atoms with Crippen LogP contribution < -0.4 is 24.4 Å². The largest absolute Gasteiger partial charge is 0.508 e. The first-order chi connectivity index (χ1) is 27.7. The van der Waals surface area contributed by atoms with Gasteiger partial charge in [0.15, 0.2) is 0 Å². The van der Waals surface area contributed by atoms with E-state index < -0.39 is 18.8 Å². The Morgan fingerprint density at radius 1 is 0.569 bits per heavy atom. The molecule has 6 aromatic carbocycles. The van der Waals surface area contributed by atoms with Gasteiger partial charge in [-0.1, -0.05) is 66.7 Å². The molecule has 1 heterocycles. The number of benzene rings is 6. The van der Waals surface area contributed by atoms with E-state index in [4.69, 9.17) is 33.4 Å². The summed E-state index contributed by atoms with van der Waals surface area (Å²) in [6.45, 7) is 9.11. The predicted molar refractivity (Wildman–Crippen MR) is 226 cm³/mol. The van der Waals surface area contributed by atoms with E-state index in [9.17, 15) is 13.9 Å². The van der Waals surface area contributed by atoms with Crippen LogP contribution in [-0.4, -0.2) is 42.8 Å². The summed E-state index contributed by atoms with van der Waals surface area (Å²) < 4.78 is 61.6. The maximum Gasteiger partial charge on any atom is 0.498 e. The third-order valence-electron chi connectivity index (χ3n) is 9.53. The van der Waals surface area contributed by atoms with Crippen LogP contribution in [0.1, 0.15) is 38.8 Å². The van der Waals surface area contributed by atoms with E-state index in [2.05, 4.69) is 15.9 Å². The zero-order chi connectivity index (χ0) is 41.9. The average molecular weight is 856 g/mol. The second-order valence-corrected chi connectivity index (χ2v) is 15.0. The van der Waals surface area contributed by atoms with Gasteiger partial charge < -0.3 is 38.5 Å². The minimum Gasteiger partial charge on any atom is -0.508 e. The quantitative estimate of drug-likeness (QED) is 0.132. The van der Waals surface area contributed by atoms with Gasteiger partial charge in [-0.2, -0.15) is 0 Å². The van der Waals surface area contributed by atoms with Crippen molar-refractivity contribution in [3.63, 3.8) is 0 Å². The minimum atomic E-state index is -0.508. The molecule has 1 fully saturated rings. The molecule has 2 N–H and O–H groups in total. The third kappa shape index (κ3) is 11.5. The van der Waals surface area contributed by atoms with Crippen molar-refractivity contribution in [1.82, 2.24) is 0 Å². The van der Waals surface area contributed by atoms with Crippen LogP contribution in [0.2, 0.25) is 0 Å². The second-order valence-electron chi connectivity index (χ2n) is 14.2. The number of halogens is 3. The Hall–Kier alpha value is -5.56. The molecule has 8 nitrogen and oxygen atoms in total. The highest BCUT2D eigenvalue weighted by Gasteiger charge is 2.52. The van der Waals surface area contributed by atoms with Crippen molar-refractivity contribution in [2.45, 2.75) is 52.1 Å². The highest BCUT2D eigenvalue weighted by Crippen LogP contribution is 2.38. The van der Waals surface area contributed by atoms with Crippen LogP contribution in [0.5, 0.6) is 34.5 Å². The molecule has 0 amide bonds. The lowest BCUT2D eigenvalue weighted by molar-refractivity contribution is 0.00578. The molecule has 6 aromatic rings. The lowest BCUT2D eigenvalue weighted by Crippen LogP contribution is -2.41. The van der Waals surface area contributed by atoms with Crippen molar-refractivity contribution in [2.24, 2.45) is 0 Å². The molecule has 0 aromatic heterocycles. The maximum atomic E-state index is 14.1. The van der Waals surface area contributed by atoms with Crippen LogP contribution in [-0.2, 0) is 22.5 Å². The fourth-order valence-electron chi connectivity index (χ4n) is 5.62. The van der Waals surface area contributed by atoms with E-state index in [1.807, 2.05) is 107 Å². The van der Waals surface area contributed by atoms with E-state index in [1.54, 1.807) is 25.3 Å². The van der Waals surface area contributed by atoms with Gasteiger partial charge in [0, 0.05) is 40.9 Å². The van der Waals surface area contributed by atoms with E-state index in [0.29, 0.717) is 46.1 Å². The molecular weight excluding hydrogens is 809 g/mol. The summed E-state index contributed by atoms with van der Waals surface area (Å²) in [5.74, 6) is 1.46. The number of hydrogen-bond donors (Lipinski definition) is 2. The zero-order valence-electron chi connectivity index (χ0n) is 33.2. The molecule has 0 aliphatic carbocycles. The Kier molecular flexibility index (Phi) is 14.8. The molecule has 0 radical (unpaired) electrons. The molecule has 0 saturated carbocycles. The lowest BCUT2D eigenvalue weighted by Gasteiger charge is -2.32. The Morgan fingerprint density at radius 2 is 1.03 bits per heavy atom. The number of ether oxygens (including phenoxy) is 4. The monoisotopic (exact) mass is 854 g/mol. The number of aromatic hydroxyl groups is 2. The molecule has 12 heteroatoms. The summed E-state index contributed by atoms with van der Waals surface area (Å²) in [4.78, 5) is 0. The molecule has 0 bridgehead atoms. The molecule has 58 heavy (non-hydrogen) atoms. The van der Waals surface area contributed by atoms with Crippen LogP contribution in [0.15, 0.2) is 138 Å². The van der Waals surface area contributed by atoms with E-state index in [1.165, 1.54) is 31.4 Å². The summed E-state index contributed by atoms with van der Waals surface area (Å²) in [5, 5.41) is 18.0. The molecule has 1 aliphatic heterocycles. The molecule has 0 spiro atoms. The summed E-state index contributed by atoms with van der Waals surface area (Å²) in [5.41, 5.74) is 3.24. The third-order valence-corrected chi connectivity index (χ3v) is 10.2. The smallest absolute Gasteiger partial charge is 0.498 e. The number of methoxy groups -OCH3 is 2. The molecule has 0 atom stereocenters. The normalized spacial score (nSPS) is 13.6. The standard InChI is InChI=1S/C20H25BO4.C20H17FO3.C6H4BrFO/c1-19(2)20(3,4)25-21(24-19)17-12-11-16(13-18(17)22-5)23-14-15-9-7-6-8-10-15;1-23-20-12-16(24-13-14-5-3-2-4-6-14)8-10-18(20)17-9-7-15(22)11-19(17)21;7-5-2-1-4(9)3-6(5)8/h6-13H,14H2,1-5H3;2-12,22H,13H2,1H3;1-3,9H. The Balaban J connectivity index is 0.000000183. The second kappa shape index (κ2) is 19.7. The first-order valence-electron chi connectivity index (χ1n) is 18.4. The van der Waals surface area contributed by atoms with Gasteiger partial charge in [-0.05, 0) is 97.2 Å². The average Bonchev–Trinajstić information content (AvgIpc) is 3.44.